The largest absolute Gasteiger partial charge is 0.393 e. The van der Waals surface area contributed by atoms with Gasteiger partial charge >= 0.3 is 0 Å². The average molecular weight is 274 g/mol. The Kier molecular flexibility index (Phi) is 3.66. The smallest absolute Gasteiger partial charge is 0.256 e. The number of para-hydroxylation sites is 1. The first-order valence-corrected chi connectivity index (χ1v) is 7.54. The number of hydrogen-bond acceptors (Lipinski definition) is 3. The van der Waals surface area contributed by atoms with Gasteiger partial charge < -0.3 is 15.3 Å². The highest BCUT2D eigenvalue weighted by molar-refractivity contribution is 6.00. The van der Waals surface area contributed by atoms with E-state index in [1.165, 1.54) is 0 Å². The molecule has 2 bridgehead atoms. The molecule has 0 saturated carbocycles. The van der Waals surface area contributed by atoms with Crippen LogP contribution in [0.2, 0.25) is 0 Å². The van der Waals surface area contributed by atoms with E-state index in [1.54, 1.807) is 0 Å². The van der Waals surface area contributed by atoms with E-state index in [0.29, 0.717) is 0 Å². The zero-order valence-corrected chi connectivity index (χ0v) is 11.9. The molecule has 1 amide bonds. The predicted octanol–water partition coefficient (Wildman–Crippen LogP) is 2.25. The summed E-state index contributed by atoms with van der Waals surface area (Å²) >= 11 is 0. The third-order valence-electron chi connectivity index (χ3n) is 4.47. The number of aliphatic hydroxyl groups excluding tert-OH is 1. The summed E-state index contributed by atoms with van der Waals surface area (Å²) < 4.78 is 0. The number of aliphatic hydroxyl groups is 1. The van der Waals surface area contributed by atoms with Crippen LogP contribution in [0.1, 0.15) is 43.0 Å². The van der Waals surface area contributed by atoms with Crippen LogP contribution in [0.25, 0.3) is 0 Å². The number of carbonyl (C=O) groups is 1. The minimum absolute atomic E-state index is 0.112. The Morgan fingerprint density at radius 3 is 2.60 bits per heavy atom. The first-order valence-electron chi connectivity index (χ1n) is 7.54. The van der Waals surface area contributed by atoms with Crippen molar-refractivity contribution in [1.82, 2.24) is 4.90 Å². The molecule has 0 aromatic heterocycles. The fourth-order valence-electron chi connectivity index (χ4n) is 3.63. The van der Waals surface area contributed by atoms with Crippen molar-refractivity contribution >= 4 is 11.6 Å². The topological polar surface area (TPSA) is 52.6 Å². The van der Waals surface area contributed by atoms with Gasteiger partial charge in [0, 0.05) is 24.3 Å². The molecule has 108 valence electrons. The minimum Gasteiger partial charge on any atom is -0.393 e. The van der Waals surface area contributed by atoms with Crippen molar-refractivity contribution in [3.05, 3.63) is 29.8 Å². The minimum atomic E-state index is -0.236. The van der Waals surface area contributed by atoms with Crippen LogP contribution in [0.15, 0.2) is 24.3 Å². The highest BCUT2D eigenvalue weighted by Crippen LogP contribution is 2.37. The fourth-order valence-corrected chi connectivity index (χ4v) is 3.63. The van der Waals surface area contributed by atoms with Crippen molar-refractivity contribution < 1.29 is 9.90 Å². The number of piperidine rings is 1. The third-order valence-corrected chi connectivity index (χ3v) is 4.47. The Morgan fingerprint density at radius 1 is 1.30 bits per heavy atom. The van der Waals surface area contributed by atoms with Crippen molar-refractivity contribution in [2.24, 2.45) is 0 Å². The summed E-state index contributed by atoms with van der Waals surface area (Å²) in [6, 6.07) is 8.14. The first-order chi connectivity index (χ1) is 9.70. The molecule has 0 spiro atoms. The molecule has 20 heavy (non-hydrogen) atoms. The monoisotopic (exact) mass is 274 g/mol. The fraction of sp³-hybridized carbons (Fsp3) is 0.562. The Morgan fingerprint density at radius 2 is 1.95 bits per heavy atom. The second-order valence-corrected chi connectivity index (χ2v) is 5.80. The maximum Gasteiger partial charge on any atom is 0.256 e. The number of rotatable bonds is 3. The van der Waals surface area contributed by atoms with E-state index >= 15 is 0 Å². The van der Waals surface area contributed by atoms with Gasteiger partial charge in [0.15, 0.2) is 0 Å². The molecule has 0 aliphatic carbocycles. The zero-order valence-electron chi connectivity index (χ0n) is 11.9. The molecular weight excluding hydrogens is 252 g/mol. The van der Waals surface area contributed by atoms with Gasteiger partial charge in [0.1, 0.15) is 0 Å². The Bertz CT molecular complexity index is 489. The maximum atomic E-state index is 12.9. The molecule has 1 aromatic carbocycles. The summed E-state index contributed by atoms with van der Waals surface area (Å²) in [6.07, 6.45) is 3.27. The highest BCUT2D eigenvalue weighted by atomic mass is 16.3. The quantitative estimate of drug-likeness (QED) is 0.889. The molecule has 2 fully saturated rings. The molecule has 3 rings (SSSR count). The average Bonchev–Trinajstić information content (AvgIpc) is 2.71. The second-order valence-electron chi connectivity index (χ2n) is 5.80. The number of fused-ring (bicyclic) bond motifs is 2. The Balaban J connectivity index is 1.86. The number of benzene rings is 1. The lowest BCUT2D eigenvalue weighted by atomic mass is 9.98. The summed E-state index contributed by atoms with van der Waals surface area (Å²) in [5, 5.41) is 13.1. The van der Waals surface area contributed by atoms with Crippen molar-refractivity contribution in [3.8, 4) is 0 Å². The van der Waals surface area contributed by atoms with Gasteiger partial charge in [-0.2, -0.15) is 0 Å². The number of anilines is 1. The molecule has 2 unspecified atom stereocenters. The van der Waals surface area contributed by atoms with E-state index in [9.17, 15) is 9.90 Å². The van der Waals surface area contributed by atoms with Gasteiger partial charge in [0.25, 0.3) is 5.91 Å². The molecular formula is C16H22N2O2. The van der Waals surface area contributed by atoms with Crippen LogP contribution >= 0.6 is 0 Å². The Hall–Kier alpha value is -1.55. The molecule has 2 atom stereocenters. The molecule has 4 nitrogen and oxygen atoms in total. The molecule has 4 heteroatoms. The van der Waals surface area contributed by atoms with Crippen molar-refractivity contribution in [1.29, 1.82) is 0 Å². The van der Waals surface area contributed by atoms with Crippen LogP contribution in [0.4, 0.5) is 5.69 Å². The molecule has 2 N–H and O–H groups in total. The van der Waals surface area contributed by atoms with Crippen LogP contribution in [-0.4, -0.2) is 40.6 Å². The van der Waals surface area contributed by atoms with Crippen molar-refractivity contribution in [2.45, 2.75) is 50.8 Å². The Labute approximate surface area is 119 Å². The van der Waals surface area contributed by atoms with E-state index in [1.807, 2.05) is 36.1 Å². The standard InChI is InChI=1S/C16H22N2O2/c1-2-17-15-6-4-3-5-14(15)16(20)18-11-7-8-12(18)10-13(19)9-11/h3-6,11-13,17,19H,2,7-10H2,1H3. The van der Waals surface area contributed by atoms with Gasteiger partial charge in [-0.05, 0) is 44.7 Å². The molecule has 2 aliphatic heterocycles. The lowest BCUT2D eigenvalue weighted by Crippen LogP contribution is -2.48. The third kappa shape index (κ3) is 2.29. The van der Waals surface area contributed by atoms with Crippen LogP contribution in [0, 0.1) is 0 Å². The number of hydrogen-bond donors (Lipinski definition) is 2. The highest BCUT2D eigenvalue weighted by Gasteiger charge is 2.43. The van der Waals surface area contributed by atoms with E-state index in [2.05, 4.69) is 5.32 Å². The van der Waals surface area contributed by atoms with Gasteiger partial charge in [-0.15, -0.1) is 0 Å². The summed E-state index contributed by atoms with van der Waals surface area (Å²) in [4.78, 5) is 14.9. The van der Waals surface area contributed by atoms with E-state index in [4.69, 9.17) is 0 Å². The number of amides is 1. The number of nitrogens with one attached hydrogen (secondary N) is 1. The van der Waals surface area contributed by atoms with E-state index in [-0.39, 0.29) is 24.1 Å². The van der Waals surface area contributed by atoms with Gasteiger partial charge in [-0.25, -0.2) is 0 Å². The lowest BCUT2D eigenvalue weighted by molar-refractivity contribution is 0.0287. The molecule has 0 radical (unpaired) electrons. The van der Waals surface area contributed by atoms with Crippen LogP contribution in [0.3, 0.4) is 0 Å². The van der Waals surface area contributed by atoms with Crippen LogP contribution < -0.4 is 5.32 Å². The van der Waals surface area contributed by atoms with Crippen molar-refractivity contribution in [2.75, 3.05) is 11.9 Å². The zero-order chi connectivity index (χ0) is 14.1. The first kappa shape index (κ1) is 13.4. The SMILES string of the molecule is CCNc1ccccc1C(=O)N1C2CCC1CC(O)C2. The van der Waals surface area contributed by atoms with Crippen LogP contribution in [0.5, 0.6) is 0 Å². The molecule has 2 saturated heterocycles. The van der Waals surface area contributed by atoms with Gasteiger partial charge in [-0.1, -0.05) is 12.1 Å². The summed E-state index contributed by atoms with van der Waals surface area (Å²) in [6.45, 7) is 2.83. The van der Waals surface area contributed by atoms with Gasteiger partial charge in [0.05, 0.1) is 11.7 Å². The second kappa shape index (κ2) is 5.44. The number of nitrogens with zero attached hydrogens (tertiary/aromatic N) is 1. The predicted molar refractivity (Wildman–Crippen MR) is 78.8 cm³/mol. The molecule has 2 aliphatic rings. The van der Waals surface area contributed by atoms with E-state index < -0.39 is 0 Å². The van der Waals surface area contributed by atoms with E-state index in [0.717, 1.165) is 43.5 Å². The molecule has 1 aromatic rings. The lowest BCUT2D eigenvalue weighted by Gasteiger charge is -2.37. The van der Waals surface area contributed by atoms with Crippen LogP contribution in [-0.2, 0) is 0 Å². The normalized spacial score (nSPS) is 28.5. The van der Waals surface area contributed by atoms with Gasteiger partial charge in [-0.3, -0.25) is 4.79 Å². The van der Waals surface area contributed by atoms with Gasteiger partial charge in [0.2, 0.25) is 0 Å². The maximum absolute atomic E-state index is 12.9. The number of carbonyl (C=O) groups excluding carboxylic acids is 1. The summed E-state index contributed by atoms with van der Waals surface area (Å²) in [7, 11) is 0. The van der Waals surface area contributed by atoms with Crippen molar-refractivity contribution in [3.63, 3.8) is 0 Å². The summed E-state index contributed by atoms with van der Waals surface area (Å²) in [5.41, 5.74) is 1.66. The summed E-state index contributed by atoms with van der Waals surface area (Å²) in [5.74, 6) is 0.112. The molecule has 2 heterocycles.